The van der Waals surface area contributed by atoms with Gasteiger partial charge in [-0.15, -0.1) is 0 Å². The van der Waals surface area contributed by atoms with E-state index in [4.69, 9.17) is 9.47 Å². The van der Waals surface area contributed by atoms with Gasteiger partial charge in [-0.05, 0) is 37.8 Å². The van der Waals surface area contributed by atoms with E-state index in [2.05, 4.69) is 0 Å². The number of carbonyl (C=O) groups excluding carboxylic acids is 1. The molecule has 1 spiro atoms. The third-order valence-electron chi connectivity index (χ3n) is 4.41. The van der Waals surface area contributed by atoms with E-state index >= 15 is 0 Å². The second-order valence-electron chi connectivity index (χ2n) is 5.86. The standard InChI is InChI=1S/C16H18F2O3/c17-13-7-12(8-14(18)9-13)15(19)11-1-4-21-16(10-11)2-5-20-6-3-16/h7-9,11H,1-6,10H2. The van der Waals surface area contributed by atoms with Gasteiger partial charge >= 0.3 is 0 Å². The first-order chi connectivity index (χ1) is 10.1. The molecule has 1 aromatic rings. The molecule has 5 heteroatoms. The zero-order valence-electron chi connectivity index (χ0n) is 11.7. The minimum absolute atomic E-state index is 0.113. The first-order valence-electron chi connectivity index (χ1n) is 7.30. The molecule has 0 aromatic heterocycles. The maximum absolute atomic E-state index is 13.3. The summed E-state index contributed by atoms with van der Waals surface area (Å²) in [7, 11) is 0. The Morgan fingerprint density at radius 2 is 1.76 bits per heavy atom. The highest BCUT2D eigenvalue weighted by molar-refractivity contribution is 5.98. The van der Waals surface area contributed by atoms with Gasteiger partial charge in [0.2, 0.25) is 0 Å². The lowest BCUT2D eigenvalue weighted by atomic mass is 9.78. The monoisotopic (exact) mass is 296 g/mol. The molecule has 0 N–H and O–H groups in total. The highest BCUT2D eigenvalue weighted by Crippen LogP contribution is 2.38. The Bertz CT molecular complexity index is 513. The maximum atomic E-state index is 13.3. The second kappa shape index (κ2) is 5.81. The van der Waals surface area contributed by atoms with E-state index < -0.39 is 11.6 Å². The van der Waals surface area contributed by atoms with Crippen molar-refractivity contribution in [3.8, 4) is 0 Å². The molecule has 2 heterocycles. The van der Waals surface area contributed by atoms with Crippen molar-refractivity contribution in [1.82, 2.24) is 0 Å². The molecule has 0 aliphatic carbocycles. The Kier molecular flexibility index (Phi) is 4.04. The maximum Gasteiger partial charge on any atom is 0.166 e. The molecule has 0 bridgehead atoms. The molecule has 0 saturated carbocycles. The Morgan fingerprint density at radius 3 is 2.43 bits per heavy atom. The van der Waals surface area contributed by atoms with Gasteiger partial charge in [-0.2, -0.15) is 0 Å². The van der Waals surface area contributed by atoms with E-state index in [1.165, 1.54) is 0 Å². The van der Waals surface area contributed by atoms with Gasteiger partial charge in [-0.1, -0.05) is 0 Å². The highest BCUT2D eigenvalue weighted by atomic mass is 19.1. The van der Waals surface area contributed by atoms with Crippen LogP contribution in [-0.4, -0.2) is 31.2 Å². The lowest BCUT2D eigenvalue weighted by molar-refractivity contribution is -0.142. The molecule has 2 fully saturated rings. The smallest absolute Gasteiger partial charge is 0.166 e. The molecule has 0 radical (unpaired) electrons. The summed E-state index contributed by atoms with van der Waals surface area (Å²) in [5.41, 5.74) is -0.190. The van der Waals surface area contributed by atoms with Gasteiger partial charge in [-0.3, -0.25) is 4.79 Å². The first kappa shape index (κ1) is 14.6. The van der Waals surface area contributed by atoms with Crippen LogP contribution in [0, 0.1) is 17.6 Å². The SMILES string of the molecule is O=C(c1cc(F)cc(F)c1)C1CCOC2(CCOCC2)C1. The molecule has 2 aliphatic heterocycles. The van der Waals surface area contributed by atoms with Crippen LogP contribution in [-0.2, 0) is 9.47 Å². The molecule has 0 amide bonds. The summed E-state index contributed by atoms with van der Waals surface area (Å²) < 4.78 is 37.8. The fraction of sp³-hybridized carbons (Fsp3) is 0.562. The Balaban J connectivity index is 1.77. The van der Waals surface area contributed by atoms with Crippen molar-refractivity contribution in [3.05, 3.63) is 35.4 Å². The van der Waals surface area contributed by atoms with Gasteiger partial charge in [0.25, 0.3) is 0 Å². The third kappa shape index (κ3) is 3.14. The largest absolute Gasteiger partial charge is 0.381 e. The van der Waals surface area contributed by atoms with Crippen LogP contribution in [0.25, 0.3) is 0 Å². The number of Topliss-reactive ketones (excluding diaryl/α,β-unsaturated/α-hetero) is 1. The van der Waals surface area contributed by atoms with E-state index in [0.717, 1.165) is 31.0 Å². The third-order valence-corrected chi connectivity index (χ3v) is 4.41. The molecule has 21 heavy (non-hydrogen) atoms. The van der Waals surface area contributed by atoms with Gasteiger partial charge in [0.1, 0.15) is 11.6 Å². The first-order valence-corrected chi connectivity index (χ1v) is 7.30. The molecular weight excluding hydrogens is 278 g/mol. The van der Waals surface area contributed by atoms with Crippen LogP contribution in [0.5, 0.6) is 0 Å². The molecule has 1 unspecified atom stereocenters. The number of hydrogen-bond acceptors (Lipinski definition) is 3. The summed E-state index contributed by atoms with van der Waals surface area (Å²) >= 11 is 0. The van der Waals surface area contributed by atoms with Crippen LogP contribution in [0.15, 0.2) is 18.2 Å². The summed E-state index contributed by atoms with van der Waals surface area (Å²) in [6.45, 7) is 1.78. The van der Waals surface area contributed by atoms with E-state index in [0.29, 0.717) is 32.7 Å². The molecule has 114 valence electrons. The number of rotatable bonds is 2. The quantitative estimate of drug-likeness (QED) is 0.787. The van der Waals surface area contributed by atoms with Crippen LogP contribution in [0.4, 0.5) is 8.78 Å². The predicted molar refractivity (Wildman–Crippen MR) is 72.1 cm³/mol. The topological polar surface area (TPSA) is 35.5 Å². The predicted octanol–water partition coefficient (Wildman–Crippen LogP) is 3.12. The summed E-state index contributed by atoms with van der Waals surface area (Å²) in [4.78, 5) is 12.5. The second-order valence-corrected chi connectivity index (χ2v) is 5.86. The van der Waals surface area contributed by atoms with Crippen molar-refractivity contribution >= 4 is 5.78 Å². The molecular formula is C16H18F2O3. The van der Waals surface area contributed by atoms with Crippen molar-refractivity contribution in [1.29, 1.82) is 0 Å². The lowest BCUT2D eigenvalue weighted by Gasteiger charge is -2.42. The Labute approximate surface area is 122 Å². The van der Waals surface area contributed by atoms with Crippen molar-refractivity contribution in [2.45, 2.75) is 31.3 Å². The van der Waals surface area contributed by atoms with E-state index in [1.54, 1.807) is 0 Å². The zero-order valence-corrected chi connectivity index (χ0v) is 11.7. The lowest BCUT2D eigenvalue weighted by Crippen LogP contribution is -2.45. The number of ketones is 1. The minimum atomic E-state index is -0.716. The van der Waals surface area contributed by atoms with Crippen LogP contribution < -0.4 is 0 Å². The fourth-order valence-corrected chi connectivity index (χ4v) is 3.28. The molecule has 3 nitrogen and oxygen atoms in total. The van der Waals surface area contributed by atoms with Crippen LogP contribution in [0.2, 0.25) is 0 Å². The summed E-state index contributed by atoms with van der Waals surface area (Å²) in [6, 6.07) is 3.00. The number of ether oxygens (including phenoxy) is 2. The number of halogens is 2. The van der Waals surface area contributed by atoms with E-state index in [-0.39, 0.29) is 22.9 Å². The van der Waals surface area contributed by atoms with Crippen molar-refractivity contribution in [3.63, 3.8) is 0 Å². The van der Waals surface area contributed by atoms with Gasteiger partial charge in [0, 0.05) is 37.4 Å². The molecule has 2 saturated heterocycles. The summed E-state index contributed by atoms with van der Waals surface area (Å²) in [5.74, 6) is -1.86. The average Bonchev–Trinajstić information content (AvgIpc) is 2.46. The van der Waals surface area contributed by atoms with Gasteiger partial charge < -0.3 is 9.47 Å². The normalized spacial score (nSPS) is 25.0. The van der Waals surface area contributed by atoms with Crippen LogP contribution in [0.1, 0.15) is 36.0 Å². The highest BCUT2D eigenvalue weighted by Gasteiger charge is 2.41. The Hall–Kier alpha value is -1.33. The van der Waals surface area contributed by atoms with Gasteiger partial charge in [-0.25, -0.2) is 8.78 Å². The van der Waals surface area contributed by atoms with Crippen LogP contribution in [0.3, 0.4) is 0 Å². The average molecular weight is 296 g/mol. The van der Waals surface area contributed by atoms with E-state index in [1.807, 2.05) is 0 Å². The summed E-state index contributed by atoms with van der Waals surface area (Å²) in [6.07, 6.45) is 2.75. The molecule has 1 atom stereocenters. The fourth-order valence-electron chi connectivity index (χ4n) is 3.28. The van der Waals surface area contributed by atoms with Gasteiger partial charge in [0.15, 0.2) is 5.78 Å². The molecule has 1 aromatic carbocycles. The summed E-state index contributed by atoms with van der Waals surface area (Å²) in [5, 5.41) is 0. The zero-order chi connectivity index (χ0) is 14.9. The van der Waals surface area contributed by atoms with Crippen molar-refractivity contribution in [2.24, 2.45) is 5.92 Å². The van der Waals surface area contributed by atoms with Crippen molar-refractivity contribution in [2.75, 3.05) is 19.8 Å². The van der Waals surface area contributed by atoms with Crippen LogP contribution >= 0.6 is 0 Å². The molecule has 3 rings (SSSR count). The van der Waals surface area contributed by atoms with Crippen molar-refractivity contribution < 1.29 is 23.0 Å². The molecule has 2 aliphatic rings. The Morgan fingerprint density at radius 1 is 1.10 bits per heavy atom. The number of benzene rings is 1. The number of hydrogen-bond donors (Lipinski definition) is 0. The number of carbonyl (C=O) groups is 1. The van der Waals surface area contributed by atoms with E-state index in [9.17, 15) is 13.6 Å². The van der Waals surface area contributed by atoms with Gasteiger partial charge in [0.05, 0.1) is 5.60 Å². The minimum Gasteiger partial charge on any atom is -0.381 e.